The molecule has 0 spiro atoms. The molecule has 0 saturated carbocycles. The zero-order valence-corrected chi connectivity index (χ0v) is 11.2. The normalized spacial score (nSPS) is 18.9. The maximum atomic E-state index is 4.48. The van der Waals surface area contributed by atoms with Gasteiger partial charge >= 0.3 is 0 Å². The van der Waals surface area contributed by atoms with Crippen molar-refractivity contribution in [3.63, 3.8) is 0 Å². The minimum atomic E-state index is 0.610. The summed E-state index contributed by atoms with van der Waals surface area (Å²) >= 11 is 1.50. The number of benzene rings is 1. The van der Waals surface area contributed by atoms with Crippen LogP contribution in [0.25, 0.3) is 0 Å². The molecule has 0 bridgehead atoms. The highest BCUT2D eigenvalue weighted by atomic mass is 32.2. The van der Waals surface area contributed by atoms with Crippen molar-refractivity contribution in [2.24, 2.45) is 20.0 Å². The molecule has 3 aliphatic rings. The van der Waals surface area contributed by atoms with E-state index < -0.39 is 0 Å². The Labute approximate surface area is 119 Å². The third kappa shape index (κ3) is 1.90. The van der Waals surface area contributed by atoms with Crippen molar-refractivity contribution in [3.8, 4) is 0 Å². The lowest BCUT2D eigenvalue weighted by Gasteiger charge is -2.29. The van der Waals surface area contributed by atoms with Gasteiger partial charge in [-0.15, -0.1) is 0 Å². The fourth-order valence-electron chi connectivity index (χ4n) is 1.99. The Hall–Kier alpha value is -2.47. The average Bonchev–Trinajstić information content (AvgIpc) is 2.49. The summed E-state index contributed by atoms with van der Waals surface area (Å²) in [5, 5.41) is 0.648. The van der Waals surface area contributed by atoms with Crippen LogP contribution < -0.4 is 0 Å². The predicted octanol–water partition coefficient (Wildman–Crippen LogP) is 2.66. The topological polar surface area (TPSA) is 52.7 Å². The number of thioether (sulfide) groups is 1. The van der Waals surface area contributed by atoms with Gasteiger partial charge in [-0.1, -0.05) is 18.2 Å². The molecule has 0 aliphatic carbocycles. The van der Waals surface area contributed by atoms with Crippen molar-refractivity contribution < 1.29 is 0 Å². The molecule has 0 unspecified atom stereocenters. The first-order valence-electron chi connectivity index (χ1n) is 6.09. The van der Waals surface area contributed by atoms with Gasteiger partial charge in [0.05, 0.1) is 5.70 Å². The van der Waals surface area contributed by atoms with Crippen molar-refractivity contribution in [2.45, 2.75) is 4.90 Å². The Balaban J connectivity index is 1.72. The summed E-state index contributed by atoms with van der Waals surface area (Å²) in [5.41, 5.74) is 0.983. The largest absolute Gasteiger partial charge is 0.246 e. The van der Waals surface area contributed by atoms with Gasteiger partial charge in [0.2, 0.25) is 11.9 Å². The monoisotopic (exact) mass is 279 g/mol. The highest BCUT2D eigenvalue weighted by Gasteiger charge is 2.28. The van der Waals surface area contributed by atoms with Gasteiger partial charge in [-0.2, -0.15) is 9.98 Å². The fourth-order valence-corrected chi connectivity index (χ4v) is 2.75. The smallest absolute Gasteiger partial charge is 0.239 e. The van der Waals surface area contributed by atoms with Crippen LogP contribution in [0.15, 0.2) is 79.2 Å². The molecule has 3 aliphatic heterocycles. The first kappa shape index (κ1) is 11.4. The summed E-state index contributed by atoms with van der Waals surface area (Å²) in [4.78, 5) is 20.5. The van der Waals surface area contributed by atoms with Gasteiger partial charge < -0.3 is 0 Å². The van der Waals surface area contributed by atoms with Crippen molar-refractivity contribution in [1.29, 1.82) is 0 Å². The molecule has 96 valence electrons. The second-order valence-corrected chi connectivity index (χ2v) is 5.21. The molecule has 4 rings (SSSR count). The van der Waals surface area contributed by atoms with Crippen LogP contribution in [-0.4, -0.2) is 28.2 Å². The molecule has 1 aromatic rings. The molecule has 0 saturated heterocycles. The number of allylic oxidation sites excluding steroid dienone is 2. The van der Waals surface area contributed by atoms with Crippen molar-refractivity contribution in [2.75, 3.05) is 0 Å². The molecule has 1 aromatic carbocycles. The molecule has 0 N–H and O–H groups in total. The summed E-state index contributed by atoms with van der Waals surface area (Å²) in [6, 6.07) is 10.0. The molecule has 3 heterocycles. The van der Waals surface area contributed by atoms with Gasteiger partial charge in [-0.05, 0) is 36.0 Å². The number of guanidine groups is 2. The Kier molecular flexibility index (Phi) is 2.60. The van der Waals surface area contributed by atoms with Crippen LogP contribution in [0.2, 0.25) is 0 Å². The zero-order valence-electron chi connectivity index (χ0n) is 10.3. The molecule has 0 fully saturated rings. The first-order chi connectivity index (χ1) is 9.90. The zero-order chi connectivity index (χ0) is 13.4. The Morgan fingerprint density at radius 3 is 2.80 bits per heavy atom. The Morgan fingerprint density at radius 1 is 1.00 bits per heavy atom. The average molecular weight is 279 g/mol. The molecule has 0 atom stereocenters. The second-order valence-electron chi connectivity index (χ2n) is 4.17. The molecule has 0 aromatic heterocycles. The molecule has 20 heavy (non-hydrogen) atoms. The second kappa shape index (κ2) is 4.57. The van der Waals surface area contributed by atoms with Crippen LogP contribution in [0.5, 0.6) is 0 Å². The molecular formula is C14H9N5S. The fraction of sp³-hybridized carbons (Fsp3) is 0. The number of hydrogen-bond donors (Lipinski definition) is 0. The van der Waals surface area contributed by atoms with Crippen molar-refractivity contribution in [3.05, 3.63) is 54.4 Å². The number of aliphatic imine (C=N–C) groups is 4. The quantitative estimate of drug-likeness (QED) is 0.793. The van der Waals surface area contributed by atoms with Gasteiger partial charge in [-0.25, -0.2) is 14.9 Å². The number of amidine groups is 1. The lowest BCUT2D eigenvalue weighted by Crippen LogP contribution is -2.39. The molecule has 6 heteroatoms. The summed E-state index contributed by atoms with van der Waals surface area (Å²) in [5.74, 6) is 1.22. The number of rotatable bonds is 1. The van der Waals surface area contributed by atoms with E-state index >= 15 is 0 Å². The molecule has 0 amide bonds. The van der Waals surface area contributed by atoms with Gasteiger partial charge in [0.15, 0.2) is 5.17 Å². The summed E-state index contributed by atoms with van der Waals surface area (Å²) in [6.07, 6.45) is 7.31. The first-order valence-corrected chi connectivity index (χ1v) is 6.91. The Morgan fingerprint density at radius 2 is 1.90 bits per heavy atom. The van der Waals surface area contributed by atoms with E-state index in [0.717, 1.165) is 10.6 Å². The summed E-state index contributed by atoms with van der Waals surface area (Å²) < 4.78 is 0. The lowest BCUT2D eigenvalue weighted by atomic mass is 10.3. The maximum absolute atomic E-state index is 4.48. The van der Waals surface area contributed by atoms with Gasteiger partial charge in [0, 0.05) is 17.3 Å². The Bertz CT molecular complexity index is 738. The van der Waals surface area contributed by atoms with Crippen molar-refractivity contribution >= 4 is 35.1 Å². The van der Waals surface area contributed by atoms with Crippen LogP contribution in [0.4, 0.5) is 0 Å². The van der Waals surface area contributed by atoms with E-state index in [2.05, 4.69) is 20.0 Å². The van der Waals surface area contributed by atoms with Gasteiger partial charge in [-0.3, -0.25) is 0 Å². The maximum Gasteiger partial charge on any atom is 0.239 e. The number of hydrogen-bond acceptors (Lipinski definition) is 6. The minimum absolute atomic E-state index is 0.610. The van der Waals surface area contributed by atoms with E-state index in [1.54, 1.807) is 12.4 Å². The summed E-state index contributed by atoms with van der Waals surface area (Å²) in [7, 11) is 0. The molecular weight excluding hydrogens is 270 g/mol. The van der Waals surface area contributed by atoms with Crippen LogP contribution in [0, 0.1) is 0 Å². The SMILES string of the molecule is C1=CC2=CC=NC3=NC(Sc4ccccc4)=NC(=N1)N23. The van der Waals surface area contributed by atoms with E-state index in [1.807, 2.05) is 47.4 Å². The molecule has 5 nitrogen and oxygen atoms in total. The van der Waals surface area contributed by atoms with E-state index in [1.165, 1.54) is 11.8 Å². The van der Waals surface area contributed by atoms with Crippen LogP contribution in [-0.2, 0) is 0 Å². The van der Waals surface area contributed by atoms with E-state index in [4.69, 9.17) is 0 Å². The number of nitrogens with zero attached hydrogens (tertiary/aromatic N) is 5. The van der Waals surface area contributed by atoms with Crippen LogP contribution in [0.3, 0.4) is 0 Å². The predicted molar refractivity (Wildman–Crippen MR) is 82.2 cm³/mol. The standard InChI is InChI=1S/C14H9N5S/c1-2-4-11(5-3-1)20-14-17-12-15-8-6-10-7-9-16-13(18-14)19(10)12/h1-9H. The van der Waals surface area contributed by atoms with Crippen LogP contribution >= 0.6 is 11.8 Å². The van der Waals surface area contributed by atoms with Gasteiger partial charge in [0.1, 0.15) is 0 Å². The molecule has 0 radical (unpaired) electrons. The minimum Gasteiger partial charge on any atom is -0.246 e. The van der Waals surface area contributed by atoms with E-state index in [9.17, 15) is 0 Å². The van der Waals surface area contributed by atoms with Crippen LogP contribution in [0.1, 0.15) is 0 Å². The summed E-state index contributed by atoms with van der Waals surface area (Å²) in [6.45, 7) is 0. The third-order valence-electron chi connectivity index (χ3n) is 2.87. The highest BCUT2D eigenvalue weighted by Crippen LogP contribution is 2.26. The van der Waals surface area contributed by atoms with Gasteiger partial charge in [0.25, 0.3) is 0 Å². The third-order valence-corrected chi connectivity index (χ3v) is 3.75. The highest BCUT2D eigenvalue weighted by molar-refractivity contribution is 8.14. The van der Waals surface area contributed by atoms with E-state index in [-0.39, 0.29) is 0 Å². The van der Waals surface area contributed by atoms with Crippen molar-refractivity contribution in [1.82, 2.24) is 4.90 Å². The lowest BCUT2D eigenvalue weighted by molar-refractivity contribution is 0.736. The van der Waals surface area contributed by atoms with E-state index in [0.29, 0.717) is 17.1 Å².